The lowest BCUT2D eigenvalue weighted by Crippen LogP contribution is -2.14. The third-order valence-electron chi connectivity index (χ3n) is 6.06. The van der Waals surface area contributed by atoms with Crippen LogP contribution >= 0.6 is 15.9 Å². The number of alkyl halides is 3. The van der Waals surface area contributed by atoms with Crippen molar-refractivity contribution in [3.63, 3.8) is 0 Å². The summed E-state index contributed by atoms with van der Waals surface area (Å²) in [6.45, 7) is 0.380. The van der Waals surface area contributed by atoms with Gasteiger partial charge in [-0.25, -0.2) is 19.6 Å². The third kappa shape index (κ3) is 5.91. The van der Waals surface area contributed by atoms with E-state index in [9.17, 15) is 18.0 Å². The molecule has 0 atom stereocenters. The van der Waals surface area contributed by atoms with Crippen LogP contribution in [0.1, 0.15) is 21.5 Å². The molecule has 0 spiro atoms. The molecule has 0 aliphatic rings. The molecule has 0 unspecified atom stereocenters. The quantitative estimate of drug-likeness (QED) is 0.219. The summed E-state index contributed by atoms with van der Waals surface area (Å²) >= 11 is 3.44. The first-order chi connectivity index (χ1) is 19.7. The smallest absolute Gasteiger partial charge is 0.416 e. The Hall–Kier alpha value is -4.72. The predicted molar refractivity (Wildman–Crippen MR) is 148 cm³/mol. The molecular formula is C27H21BrF3N7O3. The minimum atomic E-state index is -4.55. The Morgan fingerprint density at radius 2 is 1.78 bits per heavy atom. The van der Waals surface area contributed by atoms with Crippen LogP contribution in [0, 0.1) is 0 Å². The number of hydrogen-bond acceptors (Lipinski definition) is 8. The van der Waals surface area contributed by atoms with Crippen molar-refractivity contribution in [3.8, 4) is 17.2 Å². The standard InChI is InChI=1S/C27H21BrF3N7O3/c1-40-19-8-5-16(20(12-19)41-2)13-33-25-23-22(34-14-35-25)24(28)37-38(23)18-6-3-15(4-7-18)26(39)36-21-11-17(9-10-32-21)27(29,30)31/h3-12,14H,13H2,1-2H3,(H,32,36,39)(H,33,34,35). The number of carbonyl (C=O) groups excluding carboxylic acids is 1. The van der Waals surface area contributed by atoms with Crippen LogP contribution in [-0.2, 0) is 12.7 Å². The van der Waals surface area contributed by atoms with Gasteiger partial charge in [-0.1, -0.05) is 0 Å². The summed E-state index contributed by atoms with van der Waals surface area (Å²) in [7, 11) is 3.16. The molecule has 10 nitrogen and oxygen atoms in total. The summed E-state index contributed by atoms with van der Waals surface area (Å²) in [6, 6.07) is 13.5. The molecular weight excluding hydrogens is 607 g/mol. The molecule has 0 fully saturated rings. The number of carbonyl (C=O) groups is 1. The van der Waals surface area contributed by atoms with Crippen LogP contribution in [0.15, 0.2) is 71.7 Å². The number of methoxy groups -OCH3 is 2. The zero-order valence-corrected chi connectivity index (χ0v) is 23.1. The molecule has 0 saturated carbocycles. The fourth-order valence-electron chi connectivity index (χ4n) is 4.03. The van der Waals surface area contributed by atoms with Gasteiger partial charge in [-0.15, -0.1) is 0 Å². The Balaban J connectivity index is 1.40. The first-order valence-corrected chi connectivity index (χ1v) is 12.8. The number of nitrogens with zero attached hydrogens (tertiary/aromatic N) is 5. The number of aromatic nitrogens is 5. The molecule has 0 aliphatic carbocycles. The van der Waals surface area contributed by atoms with E-state index in [-0.39, 0.29) is 11.4 Å². The molecule has 2 N–H and O–H groups in total. The van der Waals surface area contributed by atoms with Crippen molar-refractivity contribution < 1.29 is 27.4 Å². The molecule has 41 heavy (non-hydrogen) atoms. The van der Waals surface area contributed by atoms with Crippen LogP contribution < -0.4 is 20.1 Å². The van der Waals surface area contributed by atoms with Crippen molar-refractivity contribution in [2.75, 3.05) is 24.9 Å². The molecule has 5 aromatic rings. The monoisotopic (exact) mass is 627 g/mol. The maximum Gasteiger partial charge on any atom is 0.416 e. The Bertz CT molecular complexity index is 1730. The van der Waals surface area contributed by atoms with Gasteiger partial charge in [-0.2, -0.15) is 18.3 Å². The van der Waals surface area contributed by atoms with E-state index in [0.29, 0.717) is 45.2 Å². The van der Waals surface area contributed by atoms with Crippen molar-refractivity contribution >= 4 is 44.5 Å². The molecule has 3 aromatic heterocycles. The van der Waals surface area contributed by atoms with E-state index in [2.05, 4.69) is 46.6 Å². The molecule has 0 aliphatic heterocycles. The maximum absolute atomic E-state index is 13.0. The molecule has 0 bridgehead atoms. The number of hydrogen-bond donors (Lipinski definition) is 2. The topological polar surface area (TPSA) is 116 Å². The first-order valence-electron chi connectivity index (χ1n) is 12.0. The highest BCUT2D eigenvalue weighted by Gasteiger charge is 2.31. The van der Waals surface area contributed by atoms with E-state index in [0.717, 1.165) is 23.9 Å². The summed E-state index contributed by atoms with van der Waals surface area (Å²) in [5, 5.41) is 10.2. The van der Waals surface area contributed by atoms with Crippen molar-refractivity contribution in [1.82, 2.24) is 24.7 Å². The Morgan fingerprint density at radius 1 is 1.00 bits per heavy atom. The van der Waals surface area contributed by atoms with Crippen molar-refractivity contribution in [1.29, 1.82) is 0 Å². The lowest BCUT2D eigenvalue weighted by atomic mass is 10.2. The van der Waals surface area contributed by atoms with Crippen molar-refractivity contribution in [2.45, 2.75) is 12.7 Å². The van der Waals surface area contributed by atoms with Crippen molar-refractivity contribution in [2.24, 2.45) is 0 Å². The van der Waals surface area contributed by atoms with Crippen LogP contribution in [0.2, 0.25) is 0 Å². The number of benzene rings is 2. The molecule has 14 heteroatoms. The minimum absolute atomic E-state index is 0.211. The van der Waals surface area contributed by atoms with Crippen LogP contribution in [0.4, 0.5) is 24.8 Å². The number of halogens is 4. The zero-order chi connectivity index (χ0) is 29.1. The lowest BCUT2D eigenvalue weighted by molar-refractivity contribution is -0.137. The normalized spacial score (nSPS) is 11.4. The average Bonchev–Trinajstić information content (AvgIpc) is 3.32. The van der Waals surface area contributed by atoms with Crippen LogP contribution in [0.5, 0.6) is 11.5 Å². The summed E-state index contributed by atoms with van der Waals surface area (Å²) in [6.07, 6.45) is -2.15. The maximum atomic E-state index is 13.0. The Morgan fingerprint density at radius 3 is 2.49 bits per heavy atom. The van der Waals surface area contributed by atoms with E-state index in [1.807, 2.05) is 12.1 Å². The predicted octanol–water partition coefficient (Wildman–Crippen LogP) is 5.87. The highest BCUT2D eigenvalue weighted by atomic mass is 79.9. The summed E-state index contributed by atoms with van der Waals surface area (Å²) in [4.78, 5) is 25.2. The number of nitrogens with one attached hydrogen (secondary N) is 2. The number of ether oxygens (including phenoxy) is 2. The van der Waals surface area contributed by atoms with Crippen LogP contribution in [0.3, 0.4) is 0 Å². The van der Waals surface area contributed by atoms with E-state index < -0.39 is 17.6 Å². The SMILES string of the molecule is COc1ccc(CNc2ncnc3c(Br)nn(-c4ccc(C(=O)Nc5cc(C(F)(F)F)ccn5)cc4)c23)c(OC)c1. The van der Waals surface area contributed by atoms with E-state index in [1.54, 1.807) is 37.1 Å². The summed E-state index contributed by atoms with van der Waals surface area (Å²) in [5.74, 6) is 0.987. The van der Waals surface area contributed by atoms with E-state index in [1.165, 1.54) is 18.5 Å². The second-order valence-electron chi connectivity index (χ2n) is 8.58. The van der Waals surface area contributed by atoms with Gasteiger partial charge in [0, 0.05) is 29.9 Å². The van der Waals surface area contributed by atoms with Gasteiger partial charge in [-0.05, 0) is 64.5 Å². The van der Waals surface area contributed by atoms with E-state index in [4.69, 9.17) is 9.47 Å². The number of rotatable bonds is 8. The Labute approximate surface area is 239 Å². The molecule has 1 amide bonds. The molecule has 0 radical (unpaired) electrons. The molecule has 5 rings (SSSR count). The van der Waals surface area contributed by atoms with Gasteiger partial charge in [0.25, 0.3) is 5.91 Å². The number of fused-ring (bicyclic) bond motifs is 1. The fraction of sp³-hybridized carbons (Fsp3) is 0.148. The number of pyridine rings is 1. The third-order valence-corrected chi connectivity index (χ3v) is 6.59. The second kappa shape index (κ2) is 11.4. The molecule has 2 aromatic carbocycles. The largest absolute Gasteiger partial charge is 0.497 e. The highest BCUT2D eigenvalue weighted by Crippen LogP contribution is 2.31. The van der Waals surface area contributed by atoms with Crippen LogP contribution in [0.25, 0.3) is 16.7 Å². The summed E-state index contributed by atoms with van der Waals surface area (Å²) in [5.41, 5.74) is 1.90. The zero-order valence-electron chi connectivity index (χ0n) is 21.5. The van der Waals surface area contributed by atoms with Gasteiger partial charge >= 0.3 is 6.18 Å². The lowest BCUT2D eigenvalue weighted by Gasteiger charge is -2.13. The van der Waals surface area contributed by atoms with Gasteiger partial charge in [0.15, 0.2) is 10.4 Å². The van der Waals surface area contributed by atoms with Crippen LogP contribution in [-0.4, -0.2) is 44.9 Å². The van der Waals surface area contributed by atoms with Crippen molar-refractivity contribution in [3.05, 3.63) is 88.4 Å². The fourth-order valence-corrected chi connectivity index (χ4v) is 4.48. The molecule has 3 heterocycles. The Kier molecular flexibility index (Phi) is 7.75. The second-order valence-corrected chi connectivity index (χ2v) is 9.33. The average molecular weight is 628 g/mol. The highest BCUT2D eigenvalue weighted by molar-refractivity contribution is 9.10. The van der Waals surface area contributed by atoms with Gasteiger partial charge in [0.1, 0.15) is 34.7 Å². The van der Waals surface area contributed by atoms with Gasteiger partial charge in [-0.3, -0.25) is 4.79 Å². The number of amides is 1. The van der Waals surface area contributed by atoms with Gasteiger partial charge in [0.2, 0.25) is 0 Å². The number of anilines is 2. The molecule has 210 valence electrons. The minimum Gasteiger partial charge on any atom is -0.497 e. The summed E-state index contributed by atoms with van der Waals surface area (Å²) < 4.78 is 51.8. The first kappa shape index (κ1) is 27.8. The van der Waals surface area contributed by atoms with Gasteiger partial charge in [0.05, 0.1) is 25.5 Å². The molecule has 0 saturated heterocycles. The van der Waals surface area contributed by atoms with Gasteiger partial charge < -0.3 is 20.1 Å². The van der Waals surface area contributed by atoms with E-state index >= 15 is 0 Å².